The number of benzene rings is 2. The minimum atomic E-state index is -0.754. The number of nitro benzene ring substituents is 1. The van der Waals surface area contributed by atoms with Gasteiger partial charge in [-0.1, -0.05) is 41.7 Å². The smallest absolute Gasteiger partial charge is 0.338 e. The van der Waals surface area contributed by atoms with Gasteiger partial charge in [0.25, 0.3) is 5.56 Å². The lowest BCUT2D eigenvalue weighted by Gasteiger charge is -2.24. The van der Waals surface area contributed by atoms with Crippen molar-refractivity contribution < 1.29 is 24.3 Å². The Bertz CT molecular complexity index is 1520. The number of hydrogen-bond donors (Lipinski definition) is 1. The zero-order valence-corrected chi connectivity index (χ0v) is 19.2. The lowest BCUT2D eigenvalue weighted by molar-refractivity contribution is -0.386. The number of phenolic OH excluding ortho intramolecular Hbond substituents is 1. The number of nitro groups is 1. The fourth-order valence-electron chi connectivity index (χ4n) is 3.79. The van der Waals surface area contributed by atoms with E-state index in [2.05, 4.69) is 4.99 Å². The molecular weight excluding hydrogens is 462 g/mol. The van der Waals surface area contributed by atoms with Crippen LogP contribution in [0.5, 0.6) is 11.5 Å². The number of esters is 1. The summed E-state index contributed by atoms with van der Waals surface area (Å²) in [5, 5.41) is 21.4. The first kappa shape index (κ1) is 22.9. The van der Waals surface area contributed by atoms with Gasteiger partial charge in [0.15, 0.2) is 10.6 Å². The van der Waals surface area contributed by atoms with Crippen LogP contribution in [0.15, 0.2) is 63.5 Å². The molecule has 174 valence electrons. The van der Waals surface area contributed by atoms with E-state index in [-0.39, 0.29) is 21.4 Å². The normalized spacial score (nSPS) is 15.5. The number of aromatic nitrogens is 1. The molecule has 1 aliphatic heterocycles. The van der Waals surface area contributed by atoms with Gasteiger partial charge in [-0.25, -0.2) is 9.79 Å². The van der Waals surface area contributed by atoms with Crippen molar-refractivity contribution in [1.82, 2.24) is 4.57 Å². The SMILES string of the molecule is COC(=O)C1=C(C)N=c2sc(=Cc3cc(OC)c(O)c([N+](=O)[O-])c3)c(=O)n2C1c1ccccc1. The van der Waals surface area contributed by atoms with Crippen LogP contribution in [-0.2, 0) is 9.53 Å². The summed E-state index contributed by atoms with van der Waals surface area (Å²) in [5.74, 6) is -1.30. The summed E-state index contributed by atoms with van der Waals surface area (Å²) in [4.78, 5) is 41.5. The van der Waals surface area contributed by atoms with Gasteiger partial charge in [-0.05, 0) is 30.2 Å². The van der Waals surface area contributed by atoms with Gasteiger partial charge in [0.1, 0.15) is 0 Å². The summed E-state index contributed by atoms with van der Waals surface area (Å²) in [7, 11) is 2.54. The lowest BCUT2D eigenvalue weighted by Crippen LogP contribution is -2.39. The molecule has 11 heteroatoms. The van der Waals surface area contributed by atoms with Crippen molar-refractivity contribution in [3.05, 3.63) is 94.7 Å². The molecular formula is C23H19N3O7S. The number of methoxy groups -OCH3 is 2. The fourth-order valence-corrected chi connectivity index (χ4v) is 4.83. The van der Waals surface area contributed by atoms with Gasteiger partial charge in [-0.3, -0.25) is 19.5 Å². The van der Waals surface area contributed by atoms with E-state index in [0.29, 0.717) is 16.1 Å². The zero-order chi connectivity index (χ0) is 24.6. The molecule has 34 heavy (non-hydrogen) atoms. The van der Waals surface area contributed by atoms with E-state index < -0.39 is 33.9 Å². The lowest BCUT2D eigenvalue weighted by atomic mass is 9.96. The van der Waals surface area contributed by atoms with Crippen LogP contribution >= 0.6 is 11.3 Å². The van der Waals surface area contributed by atoms with Crippen LogP contribution in [0.25, 0.3) is 6.08 Å². The topological polar surface area (TPSA) is 133 Å². The van der Waals surface area contributed by atoms with Crippen LogP contribution in [0.1, 0.15) is 24.1 Å². The van der Waals surface area contributed by atoms with E-state index in [1.807, 2.05) is 6.07 Å². The van der Waals surface area contributed by atoms with Gasteiger partial charge in [0.2, 0.25) is 5.75 Å². The molecule has 1 aromatic heterocycles. The summed E-state index contributed by atoms with van der Waals surface area (Å²) in [6, 6.07) is 10.8. The maximum absolute atomic E-state index is 13.5. The molecule has 1 aliphatic rings. The number of carbonyl (C=O) groups excluding carboxylic acids is 1. The van der Waals surface area contributed by atoms with Crippen molar-refractivity contribution in [3.63, 3.8) is 0 Å². The molecule has 0 spiro atoms. The third-order valence-corrected chi connectivity index (χ3v) is 6.32. The minimum Gasteiger partial charge on any atom is -0.500 e. The molecule has 0 amide bonds. The second-order valence-corrected chi connectivity index (χ2v) is 8.34. The van der Waals surface area contributed by atoms with Gasteiger partial charge < -0.3 is 14.6 Å². The number of aromatic hydroxyl groups is 1. The molecule has 0 fully saturated rings. The Kier molecular flexibility index (Phi) is 6.03. The largest absolute Gasteiger partial charge is 0.500 e. The predicted octanol–water partition coefficient (Wildman–Crippen LogP) is 2.03. The first-order valence-electron chi connectivity index (χ1n) is 9.98. The van der Waals surface area contributed by atoms with E-state index >= 15 is 0 Å². The standard InChI is InChI=1S/C23H19N3O7S/c1-12-18(22(29)33-3)19(14-7-5-4-6-8-14)25-21(28)17(34-23(25)24-12)11-13-9-15(26(30)31)20(27)16(10-13)32-2/h4-11,19,27H,1-3H3. The summed E-state index contributed by atoms with van der Waals surface area (Å²) in [5.41, 5.74) is 0.675. The first-order chi connectivity index (χ1) is 16.3. The van der Waals surface area contributed by atoms with E-state index in [4.69, 9.17) is 9.47 Å². The summed E-state index contributed by atoms with van der Waals surface area (Å²) >= 11 is 1.08. The highest BCUT2D eigenvalue weighted by Crippen LogP contribution is 2.37. The molecule has 3 aromatic rings. The Morgan fingerprint density at radius 2 is 1.97 bits per heavy atom. The minimum absolute atomic E-state index is 0.0980. The van der Waals surface area contributed by atoms with Crippen molar-refractivity contribution in [3.8, 4) is 11.5 Å². The van der Waals surface area contributed by atoms with Gasteiger partial charge in [0.05, 0.1) is 41.0 Å². The number of thiazole rings is 1. The summed E-state index contributed by atoms with van der Waals surface area (Å²) in [6.45, 7) is 1.67. The number of rotatable bonds is 5. The number of fused-ring (bicyclic) bond motifs is 1. The van der Waals surface area contributed by atoms with Gasteiger partial charge in [-0.15, -0.1) is 0 Å². The third-order valence-electron chi connectivity index (χ3n) is 5.33. The van der Waals surface area contributed by atoms with Gasteiger partial charge >= 0.3 is 11.7 Å². The average Bonchev–Trinajstić information content (AvgIpc) is 3.13. The van der Waals surface area contributed by atoms with Crippen LogP contribution in [-0.4, -0.2) is 34.8 Å². The van der Waals surface area contributed by atoms with Crippen molar-refractivity contribution in [2.45, 2.75) is 13.0 Å². The Morgan fingerprint density at radius 1 is 1.26 bits per heavy atom. The number of allylic oxidation sites excluding steroid dienone is 1. The van der Waals surface area contributed by atoms with Crippen molar-refractivity contribution in [1.29, 1.82) is 0 Å². The summed E-state index contributed by atoms with van der Waals surface area (Å²) in [6.07, 6.45) is 1.46. The molecule has 4 rings (SSSR count). The van der Waals surface area contributed by atoms with Crippen LogP contribution in [0.3, 0.4) is 0 Å². The van der Waals surface area contributed by atoms with Crippen LogP contribution < -0.4 is 19.6 Å². The molecule has 10 nitrogen and oxygen atoms in total. The molecule has 0 saturated heterocycles. The highest BCUT2D eigenvalue weighted by atomic mass is 32.1. The van der Waals surface area contributed by atoms with Crippen LogP contribution in [0.2, 0.25) is 0 Å². The quantitative estimate of drug-likeness (QED) is 0.335. The Labute approximate surface area is 196 Å². The molecule has 1 unspecified atom stereocenters. The van der Waals surface area contributed by atoms with Crippen LogP contribution in [0.4, 0.5) is 5.69 Å². The number of ether oxygens (including phenoxy) is 2. The van der Waals surface area contributed by atoms with E-state index in [1.165, 1.54) is 30.9 Å². The highest BCUT2D eigenvalue weighted by molar-refractivity contribution is 7.07. The predicted molar refractivity (Wildman–Crippen MR) is 124 cm³/mol. The molecule has 2 heterocycles. The molecule has 1 N–H and O–H groups in total. The number of phenols is 1. The molecule has 0 saturated carbocycles. The van der Waals surface area contributed by atoms with Crippen molar-refractivity contribution in [2.24, 2.45) is 4.99 Å². The zero-order valence-electron chi connectivity index (χ0n) is 18.3. The highest BCUT2D eigenvalue weighted by Gasteiger charge is 2.33. The van der Waals surface area contributed by atoms with E-state index in [0.717, 1.165) is 17.4 Å². The number of nitrogens with zero attached hydrogens (tertiary/aromatic N) is 3. The number of carbonyl (C=O) groups is 1. The Morgan fingerprint density at radius 3 is 2.59 bits per heavy atom. The second kappa shape index (κ2) is 8.94. The van der Waals surface area contributed by atoms with Gasteiger partial charge in [0, 0.05) is 6.07 Å². The molecule has 1 atom stereocenters. The summed E-state index contributed by atoms with van der Waals surface area (Å²) < 4.78 is 11.7. The average molecular weight is 481 g/mol. The third kappa shape index (κ3) is 3.86. The fraction of sp³-hybridized carbons (Fsp3) is 0.174. The molecule has 0 aliphatic carbocycles. The van der Waals surface area contributed by atoms with Gasteiger partial charge in [-0.2, -0.15) is 0 Å². The molecule has 0 radical (unpaired) electrons. The monoisotopic (exact) mass is 481 g/mol. The Balaban J connectivity index is 1.97. The first-order valence-corrected chi connectivity index (χ1v) is 10.8. The van der Waals surface area contributed by atoms with Crippen molar-refractivity contribution in [2.75, 3.05) is 14.2 Å². The van der Waals surface area contributed by atoms with Crippen molar-refractivity contribution >= 4 is 29.1 Å². The van der Waals surface area contributed by atoms with Crippen LogP contribution in [0, 0.1) is 10.1 Å². The van der Waals surface area contributed by atoms with E-state index in [9.17, 15) is 24.8 Å². The second-order valence-electron chi connectivity index (χ2n) is 7.33. The Hall–Kier alpha value is -4.25. The maximum atomic E-state index is 13.5. The number of hydrogen-bond acceptors (Lipinski definition) is 9. The van der Waals surface area contributed by atoms with E-state index in [1.54, 1.807) is 31.2 Å². The molecule has 0 bridgehead atoms. The maximum Gasteiger partial charge on any atom is 0.338 e. The molecule has 2 aromatic carbocycles.